The monoisotopic (exact) mass is 309 g/mol. The fraction of sp³-hybridized carbons (Fsp3) is 0.533. The van der Waals surface area contributed by atoms with E-state index in [9.17, 15) is 8.78 Å². The predicted molar refractivity (Wildman–Crippen MR) is 74.5 cm³/mol. The summed E-state index contributed by atoms with van der Waals surface area (Å²) >= 11 is 0. The number of morpholine rings is 2. The van der Waals surface area contributed by atoms with Crippen LogP contribution in [0.25, 0.3) is 0 Å². The number of nitrogens with zero attached hydrogens (tertiary/aromatic N) is 2. The molecule has 0 aliphatic carbocycles. The van der Waals surface area contributed by atoms with Crippen LogP contribution in [0.1, 0.15) is 5.56 Å². The number of hydrogen-bond acceptors (Lipinski definition) is 5. The molecule has 5 nitrogen and oxygen atoms in total. The highest BCUT2D eigenvalue weighted by atomic mass is 19.1. The van der Waals surface area contributed by atoms with Crippen LogP contribution >= 0.6 is 0 Å². The second-order valence-corrected chi connectivity index (χ2v) is 5.53. The molecule has 7 heteroatoms. The van der Waals surface area contributed by atoms with Gasteiger partial charge >= 0.3 is 0 Å². The fourth-order valence-corrected chi connectivity index (χ4v) is 2.86. The Morgan fingerprint density at radius 2 is 1.91 bits per heavy atom. The number of benzene rings is 1. The van der Waals surface area contributed by atoms with Gasteiger partial charge in [-0.3, -0.25) is 4.90 Å². The number of hydrogen-bond donors (Lipinski definition) is 1. The molecule has 2 atom stereocenters. The molecule has 2 fully saturated rings. The molecular formula is C15H17F2N3O2. The second-order valence-electron chi connectivity index (χ2n) is 5.53. The van der Waals surface area contributed by atoms with E-state index < -0.39 is 17.4 Å². The van der Waals surface area contributed by atoms with E-state index >= 15 is 0 Å². The van der Waals surface area contributed by atoms with Crippen LogP contribution < -0.4 is 10.1 Å². The van der Waals surface area contributed by atoms with E-state index in [1.807, 2.05) is 0 Å². The summed E-state index contributed by atoms with van der Waals surface area (Å²) < 4.78 is 38.4. The van der Waals surface area contributed by atoms with Crippen LogP contribution in [0, 0.1) is 23.0 Å². The van der Waals surface area contributed by atoms with Gasteiger partial charge in [-0.25, -0.2) is 8.78 Å². The Kier molecular flexibility index (Phi) is 4.52. The lowest BCUT2D eigenvalue weighted by Gasteiger charge is -2.41. The molecule has 2 heterocycles. The standard InChI is InChI=1S/C15H17F2N3O2/c16-13-3-10(5-18)4-14(17)15(13)21-2-1-20-8-11-6-19-7-12(9-20)22-11/h3-4,11-12,19H,1-2,6-9H2. The van der Waals surface area contributed by atoms with Crippen molar-refractivity contribution in [3.8, 4) is 11.8 Å². The molecule has 118 valence electrons. The third-order valence-electron chi connectivity index (χ3n) is 3.83. The summed E-state index contributed by atoms with van der Waals surface area (Å²) in [6.45, 7) is 3.98. The molecule has 0 aromatic heterocycles. The lowest BCUT2D eigenvalue weighted by atomic mass is 10.1. The molecule has 1 aromatic rings. The van der Waals surface area contributed by atoms with E-state index in [4.69, 9.17) is 14.7 Å². The summed E-state index contributed by atoms with van der Waals surface area (Å²) in [7, 11) is 0. The zero-order chi connectivity index (χ0) is 15.5. The molecule has 1 N–H and O–H groups in total. The lowest BCUT2D eigenvalue weighted by Crippen LogP contribution is -2.58. The molecule has 3 rings (SSSR count). The molecule has 22 heavy (non-hydrogen) atoms. The lowest BCUT2D eigenvalue weighted by molar-refractivity contribution is -0.104. The summed E-state index contributed by atoms with van der Waals surface area (Å²) in [5, 5.41) is 12.0. The maximum atomic E-state index is 13.7. The maximum Gasteiger partial charge on any atom is 0.190 e. The van der Waals surface area contributed by atoms with Crippen molar-refractivity contribution in [3.63, 3.8) is 0 Å². The van der Waals surface area contributed by atoms with Crippen LogP contribution in [-0.4, -0.2) is 56.4 Å². The predicted octanol–water partition coefficient (Wildman–Crippen LogP) is 0.888. The SMILES string of the molecule is N#Cc1cc(F)c(OCCN2CC3CNCC(C2)O3)c(F)c1. The molecule has 0 radical (unpaired) electrons. The average Bonchev–Trinajstić information content (AvgIpc) is 2.49. The van der Waals surface area contributed by atoms with E-state index in [1.165, 1.54) is 0 Å². The van der Waals surface area contributed by atoms with Gasteiger partial charge in [-0.05, 0) is 12.1 Å². The van der Waals surface area contributed by atoms with Gasteiger partial charge in [-0.1, -0.05) is 0 Å². The van der Waals surface area contributed by atoms with Crippen molar-refractivity contribution in [2.24, 2.45) is 0 Å². The van der Waals surface area contributed by atoms with Crippen molar-refractivity contribution in [2.45, 2.75) is 12.2 Å². The van der Waals surface area contributed by atoms with Gasteiger partial charge in [-0.2, -0.15) is 5.26 Å². The summed E-state index contributed by atoms with van der Waals surface area (Å²) in [6.07, 6.45) is 0.326. The first kappa shape index (κ1) is 15.2. The van der Waals surface area contributed by atoms with Gasteiger partial charge in [-0.15, -0.1) is 0 Å². The smallest absolute Gasteiger partial charge is 0.190 e. The van der Waals surface area contributed by atoms with Crippen molar-refractivity contribution < 1.29 is 18.3 Å². The minimum Gasteiger partial charge on any atom is -0.486 e. The summed E-state index contributed by atoms with van der Waals surface area (Å²) in [4.78, 5) is 2.18. The fourth-order valence-electron chi connectivity index (χ4n) is 2.86. The Morgan fingerprint density at radius 1 is 1.27 bits per heavy atom. The number of rotatable bonds is 4. The van der Waals surface area contributed by atoms with E-state index in [2.05, 4.69) is 10.2 Å². The van der Waals surface area contributed by atoms with Crippen molar-refractivity contribution >= 4 is 0 Å². The van der Waals surface area contributed by atoms with Crippen molar-refractivity contribution in [2.75, 3.05) is 39.3 Å². The Bertz CT molecular complexity index is 556. The zero-order valence-electron chi connectivity index (χ0n) is 12.0. The van der Waals surface area contributed by atoms with E-state index in [1.54, 1.807) is 6.07 Å². The van der Waals surface area contributed by atoms with Gasteiger partial charge in [0, 0.05) is 32.7 Å². The van der Waals surface area contributed by atoms with Crippen LogP contribution in [0.5, 0.6) is 5.75 Å². The van der Waals surface area contributed by atoms with Gasteiger partial charge in [0.25, 0.3) is 0 Å². The van der Waals surface area contributed by atoms with Gasteiger partial charge in [0.15, 0.2) is 17.4 Å². The molecular weight excluding hydrogens is 292 g/mol. The quantitative estimate of drug-likeness (QED) is 0.895. The molecule has 0 amide bonds. The Balaban J connectivity index is 1.54. The van der Waals surface area contributed by atoms with Gasteiger partial charge in [0.1, 0.15) is 6.61 Å². The first-order valence-electron chi connectivity index (χ1n) is 7.26. The molecule has 1 aromatic carbocycles. The topological polar surface area (TPSA) is 57.5 Å². The first-order valence-corrected chi connectivity index (χ1v) is 7.26. The van der Waals surface area contributed by atoms with Crippen LogP contribution in [0.2, 0.25) is 0 Å². The van der Waals surface area contributed by atoms with Crippen LogP contribution in [0.15, 0.2) is 12.1 Å². The summed E-state index contributed by atoms with van der Waals surface area (Å²) in [6, 6.07) is 3.65. The van der Waals surface area contributed by atoms with E-state index in [0.717, 1.165) is 38.3 Å². The Morgan fingerprint density at radius 3 is 2.50 bits per heavy atom. The average molecular weight is 309 g/mol. The van der Waals surface area contributed by atoms with Crippen molar-refractivity contribution in [3.05, 3.63) is 29.3 Å². The Hall–Kier alpha value is -1.75. The number of ether oxygens (including phenoxy) is 2. The Labute approximate surface area is 127 Å². The molecule has 0 saturated carbocycles. The van der Waals surface area contributed by atoms with Crippen molar-refractivity contribution in [1.82, 2.24) is 10.2 Å². The highest BCUT2D eigenvalue weighted by Crippen LogP contribution is 2.23. The normalized spacial score (nSPS) is 24.8. The van der Waals surface area contributed by atoms with Crippen molar-refractivity contribution in [1.29, 1.82) is 5.26 Å². The molecule has 0 spiro atoms. The highest BCUT2D eigenvalue weighted by Gasteiger charge is 2.30. The zero-order valence-corrected chi connectivity index (χ0v) is 12.0. The number of fused-ring (bicyclic) bond motifs is 2. The van der Waals surface area contributed by atoms with E-state index in [0.29, 0.717) is 6.54 Å². The number of nitriles is 1. The molecule has 2 aliphatic heterocycles. The minimum atomic E-state index is -0.848. The maximum absolute atomic E-state index is 13.7. The van der Waals surface area contributed by atoms with E-state index in [-0.39, 0.29) is 24.4 Å². The number of halogens is 2. The second kappa shape index (κ2) is 6.57. The summed E-state index contributed by atoms with van der Waals surface area (Å²) in [5.74, 6) is -2.12. The third kappa shape index (κ3) is 3.35. The van der Waals surface area contributed by atoms with Gasteiger partial charge in [0.05, 0.1) is 23.8 Å². The molecule has 2 saturated heterocycles. The minimum absolute atomic E-state index is 0.0594. The first-order chi connectivity index (χ1) is 10.7. The molecule has 2 aliphatic rings. The van der Waals surface area contributed by atoms with Gasteiger partial charge in [0.2, 0.25) is 0 Å². The molecule has 2 unspecified atom stereocenters. The van der Waals surface area contributed by atoms with Gasteiger partial charge < -0.3 is 14.8 Å². The largest absolute Gasteiger partial charge is 0.486 e. The van der Waals surface area contributed by atoms with Crippen LogP contribution in [0.3, 0.4) is 0 Å². The summed E-state index contributed by atoms with van der Waals surface area (Å²) in [5.41, 5.74) is -0.0594. The molecule has 2 bridgehead atoms. The van der Waals surface area contributed by atoms with Crippen LogP contribution in [0.4, 0.5) is 8.78 Å². The highest BCUT2D eigenvalue weighted by molar-refractivity contribution is 5.37. The number of nitrogens with one attached hydrogen (secondary N) is 1. The third-order valence-corrected chi connectivity index (χ3v) is 3.83. The van der Waals surface area contributed by atoms with Crippen LogP contribution in [-0.2, 0) is 4.74 Å².